The lowest BCUT2D eigenvalue weighted by Crippen LogP contribution is -2.19. The van der Waals surface area contributed by atoms with E-state index >= 15 is 0 Å². The molecule has 0 aromatic heterocycles. The lowest BCUT2D eigenvalue weighted by molar-refractivity contribution is 0.323. The first-order chi connectivity index (χ1) is 11.5. The molecule has 0 aliphatic rings. The molecule has 2 rings (SSSR count). The van der Waals surface area contributed by atoms with Crippen LogP contribution in [0.25, 0.3) is 0 Å². The van der Waals surface area contributed by atoms with Gasteiger partial charge in [0.05, 0.1) is 21.3 Å². The molecule has 1 N–H and O–H groups in total. The Hall–Kier alpha value is -2.34. The zero-order chi connectivity index (χ0) is 17.7. The summed E-state index contributed by atoms with van der Waals surface area (Å²) >= 11 is 0. The maximum absolute atomic E-state index is 13.7. The predicted molar refractivity (Wildman–Crippen MR) is 87.7 cm³/mol. The summed E-state index contributed by atoms with van der Waals surface area (Å²) in [5.74, 6) is 0.677. The largest absolute Gasteiger partial charge is 0.493 e. The minimum absolute atomic E-state index is 0.138. The number of ether oxygens (including phenoxy) is 3. The van der Waals surface area contributed by atoms with Crippen molar-refractivity contribution in [3.05, 3.63) is 53.1 Å². The molecule has 6 heteroatoms. The van der Waals surface area contributed by atoms with Gasteiger partial charge in [0.25, 0.3) is 0 Å². The van der Waals surface area contributed by atoms with E-state index in [1.54, 1.807) is 14.2 Å². The number of hydrogen-bond donors (Lipinski definition) is 1. The van der Waals surface area contributed by atoms with Crippen molar-refractivity contribution in [2.75, 3.05) is 21.3 Å². The first-order valence-electron chi connectivity index (χ1n) is 7.47. The normalized spacial score (nSPS) is 11.9. The van der Waals surface area contributed by atoms with E-state index in [0.717, 1.165) is 17.7 Å². The Morgan fingerprint density at radius 2 is 1.58 bits per heavy atom. The molecule has 0 unspecified atom stereocenters. The van der Waals surface area contributed by atoms with Crippen molar-refractivity contribution in [3.8, 4) is 17.2 Å². The highest BCUT2D eigenvalue weighted by Crippen LogP contribution is 2.39. The van der Waals surface area contributed by atoms with Crippen molar-refractivity contribution in [2.24, 2.45) is 0 Å². The molecule has 0 amide bonds. The zero-order valence-corrected chi connectivity index (χ0v) is 14.2. The van der Waals surface area contributed by atoms with Gasteiger partial charge in [0.2, 0.25) is 5.75 Å². The minimum atomic E-state index is -0.464. The number of rotatable bonds is 7. The van der Waals surface area contributed by atoms with Crippen LogP contribution < -0.4 is 19.5 Å². The second-order valence-electron chi connectivity index (χ2n) is 5.30. The van der Waals surface area contributed by atoms with Crippen LogP contribution in [0.15, 0.2) is 30.3 Å². The summed E-state index contributed by atoms with van der Waals surface area (Å²) in [6, 6.07) is 6.91. The lowest BCUT2D eigenvalue weighted by Gasteiger charge is -2.19. The van der Waals surface area contributed by atoms with Gasteiger partial charge in [-0.25, -0.2) is 8.78 Å². The Morgan fingerprint density at radius 3 is 2.12 bits per heavy atom. The van der Waals surface area contributed by atoms with E-state index in [9.17, 15) is 8.78 Å². The van der Waals surface area contributed by atoms with Gasteiger partial charge in [0.1, 0.15) is 11.6 Å². The number of benzene rings is 2. The van der Waals surface area contributed by atoms with Crippen LogP contribution in [0.3, 0.4) is 0 Å². The van der Waals surface area contributed by atoms with E-state index in [4.69, 9.17) is 14.2 Å². The summed E-state index contributed by atoms with van der Waals surface area (Å²) in [4.78, 5) is 0. The van der Waals surface area contributed by atoms with E-state index in [-0.39, 0.29) is 18.2 Å². The van der Waals surface area contributed by atoms with E-state index in [1.807, 2.05) is 19.1 Å². The molecule has 0 aliphatic heterocycles. The van der Waals surface area contributed by atoms with Crippen molar-refractivity contribution in [3.63, 3.8) is 0 Å². The summed E-state index contributed by atoms with van der Waals surface area (Å²) in [5, 5.41) is 3.16. The fourth-order valence-electron chi connectivity index (χ4n) is 2.41. The molecule has 0 saturated carbocycles. The average Bonchev–Trinajstić information content (AvgIpc) is 2.60. The van der Waals surface area contributed by atoms with E-state index in [1.165, 1.54) is 13.2 Å². The topological polar surface area (TPSA) is 39.7 Å². The molecule has 1 atom stereocenters. The average molecular weight is 337 g/mol. The number of hydrogen-bond acceptors (Lipinski definition) is 4. The SMILES string of the molecule is COc1cc([C@@H](C)NCc2cc(F)ccc2F)cc(OC)c1OC. The second kappa shape index (κ2) is 7.97. The van der Waals surface area contributed by atoms with Crippen LogP contribution in [0, 0.1) is 11.6 Å². The molecule has 4 nitrogen and oxygen atoms in total. The molecule has 0 radical (unpaired) electrons. The molecule has 2 aromatic carbocycles. The van der Waals surface area contributed by atoms with E-state index < -0.39 is 11.6 Å². The van der Waals surface area contributed by atoms with Crippen LogP contribution in [-0.2, 0) is 6.54 Å². The number of nitrogens with one attached hydrogen (secondary N) is 1. The van der Waals surface area contributed by atoms with E-state index in [2.05, 4.69) is 5.32 Å². The van der Waals surface area contributed by atoms with Gasteiger partial charge in [-0.3, -0.25) is 0 Å². The smallest absolute Gasteiger partial charge is 0.203 e. The Labute approximate surface area is 140 Å². The van der Waals surface area contributed by atoms with Crippen molar-refractivity contribution in [1.29, 1.82) is 0 Å². The quantitative estimate of drug-likeness (QED) is 0.833. The second-order valence-corrected chi connectivity index (χ2v) is 5.30. The van der Waals surface area contributed by atoms with Crippen LogP contribution in [0.5, 0.6) is 17.2 Å². The highest BCUT2D eigenvalue weighted by Gasteiger charge is 2.16. The maximum Gasteiger partial charge on any atom is 0.203 e. The standard InChI is InChI=1S/C18H21F2NO3/c1-11(21-10-13-7-14(19)5-6-15(13)20)12-8-16(22-2)18(24-4)17(9-12)23-3/h5-9,11,21H,10H2,1-4H3/t11-/m1/s1. The predicted octanol–water partition coefficient (Wildman–Crippen LogP) is 3.84. The fraction of sp³-hybridized carbons (Fsp3) is 0.333. The van der Waals surface area contributed by atoms with Crippen LogP contribution in [-0.4, -0.2) is 21.3 Å². The molecule has 0 heterocycles. The summed E-state index contributed by atoms with van der Waals surface area (Å²) in [5.41, 5.74) is 1.15. The van der Waals surface area contributed by atoms with Crippen molar-refractivity contribution in [1.82, 2.24) is 5.32 Å². The highest BCUT2D eigenvalue weighted by atomic mass is 19.1. The van der Waals surface area contributed by atoms with Gasteiger partial charge >= 0.3 is 0 Å². The molecule has 0 saturated heterocycles. The highest BCUT2D eigenvalue weighted by molar-refractivity contribution is 5.54. The third kappa shape index (κ3) is 3.94. The first-order valence-corrected chi connectivity index (χ1v) is 7.47. The minimum Gasteiger partial charge on any atom is -0.493 e. The third-order valence-corrected chi connectivity index (χ3v) is 3.79. The third-order valence-electron chi connectivity index (χ3n) is 3.79. The summed E-state index contributed by atoms with van der Waals surface area (Å²) in [6.07, 6.45) is 0. The molecular formula is C18H21F2NO3. The van der Waals surface area contributed by atoms with Gasteiger partial charge in [-0.05, 0) is 42.8 Å². The fourth-order valence-corrected chi connectivity index (χ4v) is 2.41. The lowest BCUT2D eigenvalue weighted by atomic mass is 10.1. The molecular weight excluding hydrogens is 316 g/mol. The van der Waals surface area contributed by atoms with Gasteiger partial charge < -0.3 is 19.5 Å². The first kappa shape index (κ1) is 18.0. The van der Waals surface area contributed by atoms with Crippen LogP contribution in [0.1, 0.15) is 24.1 Å². The molecule has 2 aromatic rings. The maximum atomic E-state index is 13.7. The van der Waals surface area contributed by atoms with Crippen molar-refractivity contribution in [2.45, 2.75) is 19.5 Å². The van der Waals surface area contributed by atoms with Crippen LogP contribution >= 0.6 is 0 Å². The Balaban J connectivity index is 2.20. The summed E-state index contributed by atoms with van der Waals surface area (Å²) in [6.45, 7) is 2.11. The monoisotopic (exact) mass is 337 g/mol. The van der Waals surface area contributed by atoms with E-state index in [0.29, 0.717) is 17.2 Å². The molecule has 0 fully saturated rings. The summed E-state index contributed by atoms with van der Waals surface area (Å²) < 4.78 is 42.9. The zero-order valence-electron chi connectivity index (χ0n) is 14.2. The van der Waals surface area contributed by atoms with Crippen LogP contribution in [0.4, 0.5) is 8.78 Å². The number of methoxy groups -OCH3 is 3. The van der Waals surface area contributed by atoms with Crippen molar-refractivity contribution >= 4 is 0 Å². The van der Waals surface area contributed by atoms with Gasteiger partial charge in [-0.2, -0.15) is 0 Å². The van der Waals surface area contributed by atoms with Crippen LogP contribution in [0.2, 0.25) is 0 Å². The van der Waals surface area contributed by atoms with Gasteiger partial charge in [0.15, 0.2) is 11.5 Å². The Bertz CT molecular complexity index is 682. The molecule has 0 spiro atoms. The molecule has 130 valence electrons. The molecule has 0 bridgehead atoms. The van der Waals surface area contributed by atoms with Gasteiger partial charge in [-0.15, -0.1) is 0 Å². The molecule has 24 heavy (non-hydrogen) atoms. The van der Waals surface area contributed by atoms with Gasteiger partial charge in [0, 0.05) is 18.2 Å². The van der Waals surface area contributed by atoms with Crippen molar-refractivity contribution < 1.29 is 23.0 Å². The molecule has 0 aliphatic carbocycles. The Morgan fingerprint density at radius 1 is 0.958 bits per heavy atom. The van der Waals surface area contributed by atoms with Gasteiger partial charge in [-0.1, -0.05) is 0 Å². The summed E-state index contributed by atoms with van der Waals surface area (Å²) in [7, 11) is 4.62. The number of halogens is 2. The Kier molecular flexibility index (Phi) is 5.98.